The highest BCUT2D eigenvalue weighted by atomic mass is 16.5. The average Bonchev–Trinajstić information content (AvgIpc) is 2.53. The van der Waals surface area contributed by atoms with Crippen molar-refractivity contribution in [3.63, 3.8) is 0 Å². The molecule has 0 aliphatic carbocycles. The van der Waals surface area contributed by atoms with Gasteiger partial charge in [-0.1, -0.05) is 48.0 Å². The lowest BCUT2D eigenvalue weighted by molar-refractivity contribution is -0.142. The lowest BCUT2D eigenvalue weighted by Gasteiger charge is -2.20. The monoisotopic (exact) mass is 319 g/mol. The second kappa shape index (κ2) is 22.7. The zero-order valence-corrected chi connectivity index (χ0v) is 16.2. The lowest BCUT2D eigenvalue weighted by atomic mass is 10.0. The molecule has 0 aromatic rings. The van der Waals surface area contributed by atoms with Gasteiger partial charge in [-0.3, -0.25) is 4.79 Å². The van der Waals surface area contributed by atoms with Gasteiger partial charge in [0.2, 0.25) is 0 Å². The SMILES string of the molecule is CC.CC.CCCCOCCCC(CN(C)CCC)C(=O)O. The third-order valence-corrected chi connectivity index (χ3v) is 2.97. The molecule has 0 saturated heterocycles. The maximum atomic E-state index is 11.1. The maximum absolute atomic E-state index is 11.1. The van der Waals surface area contributed by atoms with Crippen molar-refractivity contribution in [2.45, 2.75) is 73.6 Å². The average molecular weight is 320 g/mol. The summed E-state index contributed by atoms with van der Waals surface area (Å²) < 4.78 is 5.45. The number of hydrogen-bond donors (Lipinski definition) is 1. The topological polar surface area (TPSA) is 49.8 Å². The quantitative estimate of drug-likeness (QED) is 0.531. The van der Waals surface area contributed by atoms with E-state index in [0.29, 0.717) is 19.6 Å². The van der Waals surface area contributed by atoms with E-state index in [2.05, 4.69) is 18.7 Å². The van der Waals surface area contributed by atoms with Gasteiger partial charge in [-0.05, 0) is 39.3 Å². The number of hydrogen-bond acceptors (Lipinski definition) is 3. The molecule has 136 valence electrons. The Morgan fingerprint density at radius 1 is 1.05 bits per heavy atom. The summed E-state index contributed by atoms with van der Waals surface area (Å²) in [6.45, 7) is 15.3. The first-order chi connectivity index (χ1) is 10.6. The number of carboxylic acids is 1. The van der Waals surface area contributed by atoms with E-state index in [4.69, 9.17) is 9.84 Å². The number of rotatable bonds is 12. The van der Waals surface area contributed by atoms with E-state index in [0.717, 1.165) is 38.8 Å². The predicted molar refractivity (Wildman–Crippen MR) is 96.6 cm³/mol. The lowest BCUT2D eigenvalue weighted by Crippen LogP contribution is -2.31. The Labute approximate surface area is 139 Å². The second-order valence-electron chi connectivity index (χ2n) is 4.91. The molecule has 0 radical (unpaired) electrons. The van der Waals surface area contributed by atoms with Crippen LogP contribution in [0.2, 0.25) is 0 Å². The molecule has 0 aromatic heterocycles. The van der Waals surface area contributed by atoms with Crippen molar-refractivity contribution < 1.29 is 14.6 Å². The molecule has 4 nitrogen and oxygen atoms in total. The molecule has 0 saturated carbocycles. The van der Waals surface area contributed by atoms with Gasteiger partial charge in [-0.15, -0.1) is 0 Å². The zero-order chi connectivity index (χ0) is 17.8. The van der Waals surface area contributed by atoms with E-state index < -0.39 is 5.97 Å². The molecular weight excluding hydrogens is 278 g/mol. The molecule has 0 rings (SSSR count). The summed E-state index contributed by atoms with van der Waals surface area (Å²) >= 11 is 0. The van der Waals surface area contributed by atoms with Crippen molar-refractivity contribution in [2.75, 3.05) is 33.4 Å². The third kappa shape index (κ3) is 19.4. The first-order valence-electron chi connectivity index (χ1n) is 9.10. The van der Waals surface area contributed by atoms with E-state index in [9.17, 15) is 4.79 Å². The van der Waals surface area contributed by atoms with Crippen molar-refractivity contribution in [1.82, 2.24) is 4.90 Å². The van der Waals surface area contributed by atoms with Crippen LogP contribution in [0.3, 0.4) is 0 Å². The van der Waals surface area contributed by atoms with Crippen molar-refractivity contribution in [3.8, 4) is 0 Å². The number of nitrogens with zero attached hydrogens (tertiary/aromatic N) is 1. The Morgan fingerprint density at radius 2 is 1.59 bits per heavy atom. The van der Waals surface area contributed by atoms with Crippen LogP contribution in [-0.4, -0.2) is 49.3 Å². The van der Waals surface area contributed by atoms with Crippen LogP contribution in [0.15, 0.2) is 0 Å². The molecule has 0 aliphatic rings. The van der Waals surface area contributed by atoms with Crippen molar-refractivity contribution in [2.24, 2.45) is 5.92 Å². The molecule has 0 bridgehead atoms. The molecule has 0 amide bonds. The molecule has 22 heavy (non-hydrogen) atoms. The van der Waals surface area contributed by atoms with Crippen LogP contribution in [0.4, 0.5) is 0 Å². The second-order valence-corrected chi connectivity index (χ2v) is 4.91. The van der Waals surface area contributed by atoms with Crippen LogP contribution in [0, 0.1) is 5.92 Å². The van der Waals surface area contributed by atoms with Gasteiger partial charge in [0, 0.05) is 19.8 Å². The first kappa shape index (κ1) is 26.3. The zero-order valence-electron chi connectivity index (χ0n) is 16.2. The molecule has 0 fully saturated rings. The minimum atomic E-state index is -0.688. The fourth-order valence-corrected chi connectivity index (χ4v) is 1.92. The van der Waals surface area contributed by atoms with E-state index in [-0.39, 0.29) is 5.92 Å². The highest BCUT2D eigenvalue weighted by molar-refractivity contribution is 5.70. The van der Waals surface area contributed by atoms with Crippen molar-refractivity contribution in [1.29, 1.82) is 0 Å². The highest BCUT2D eigenvalue weighted by Gasteiger charge is 2.18. The molecule has 4 heteroatoms. The van der Waals surface area contributed by atoms with Crippen LogP contribution in [0.25, 0.3) is 0 Å². The minimum absolute atomic E-state index is 0.267. The van der Waals surface area contributed by atoms with Crippen molar-refractivity contribution in [3.05, 3.63) is 0 Å². The van der Waals surface area contributed by atoms with E-state index >= 15 is 0 Å². The summed E-state index contributed by atoms with van der Waals surface area (Å²) in [4.78, 5) is 13.2. The van der Waals surface area contributed by atoms with Gasteiger partial charge in [-0.25, -0.2) is 0 Å². The Morgan fingerprint density at radius 3 is 2.05 bits per heavy atom. The molecule has 0 spiro atoms. The van der Waals surface area contributed by atoms with Gasteiger partial charge in [-0.2, -0.15) is 0 Å². The summed E-state index contributed by atoms with van der Waals surface area (Å²) in [6, 6.07) is 0. The Bertz CT molecular complexity index is 211. The van der Waals surface area contributed by atoms with Crippen LogP contribution in [0.5, 0.6) is 0 Å². The Balaban J connectivity index is -0.000000826. The number of carboxylic acid groups (broad SMARTS) is 1. The molecular formula is C18H41NO3. The van der Waals surface area contributed by atoms with Crippen LogP contribution >= 0.6 is 0 Å². The van der Waals surface area contributed by atoms with Crippen molar-refractivity contribution >= 4 is 5.97 Å². The van der Waals surface area contributed by atoms with E-state index in [1.165, 1.54) is 0 Å². The van der Waals surface area contributed by atoms with Crippen LogP contribution < -0.4 is 0 Å². The van der Waals surface area contributed by atoms with Gasteiger partial charge in [0.15, 0.2) is 0 Å². The Kier molecular flexibility index (Phi) is 27.1. The van der Waals surface area contributed by atoms with Gasteiger partial charge < -0.3 is 14.7 Å². The summed E-state index contributed by atoms with van der Waals surface area (Å²) in [5.41, 5.74) is 0. The van der Waals surface area contributed by atoms with Gasteiger partial charge >= 0.3 is 5.97 Å². The van der Waals surface area contributed by atoms with E-state index in [1.807, 2.05) is 34.7 Å². The molecule has 1 N–H and O–H groups in total. The summed E-state index contributed by atoms with van der Waals surface area (Å²) in [7, 11) is 1.98. The van der Waals surface area contributed by atoms with E-state index in [1.54, 1.807) is 0 Å². The summed E-state index contributed by atoms with van der Waals surface area (Å²) in [5.74, 6) is -0.956. The van der Waals surface area contributed by atoms with Gasteiger partial charge in [0.1, 0.15) is 0 Å². The largest absolute Gasteiger partial charge is 0.481 e. The van der Waals surface area contributed by atoms with Gasteiger partial charge in [0.05, 0.1) is 5.92 Å². The third-order valence-electron chi connectivity index (χ3n) is 2.97. The molecule has 0 heterocycles. The fourth-order valence-electron chi connectivity index (χ4n) is 1.92. The number of aliphatic carboxylic acids is 1. The number of carbonyl (C=O) groups is 1. The van der Waals surface area contributed by atoms with Crippen LogP contribution in [0.1, 0.15) is 73.6 Å². The smallest absolute Gasteiger partial charge is 0.307 e. The molecule has 0 aliphatic heterocycles. The predicted octanol–water partition coefficient (Wildman–Crippen LogP) is 4.68. The summed E-state index contributed by atoms with van der Waals surface area (Å²) in [6.07, 6.45) is 4.82. The van der Waals surface area contributed by atoms with Gasteiger partial charge in [0.25, 0.3) is 0 Å². The summed E-state index contributed by atoms with van der Waals surface area (Å²) in [5, 5.41) is 9.16. The molecule has 1 unspecified atom stereocenters. The standard InChI is InChI=1S/C14H29NO3.2C2H6/c1-4-6-10-18-11-7-8-13(14(16)17)12-15(3)9-5-2;2*1-2/h13H,4-12H2,1-3H3,(H,16,17);2*1-2H3. The molecule has 1 atom stereocenters. The normalized spacial score (nSPS) is 11.1. The van der Waals surface area contributed by atoms with Crippen LogP contribution in [-0.2, 0) is 9.53 Å². The number of unbranched alkanes of at least 4 members (excludes halogenated alkanes) is 1. The fraction of sp³-hybridized carbons (Fsp3) is 0.944. The Hall–Kier alpha value is -0.610. The first-order valence-corrected chi connectivity index (χ1v) is 9.10. The minimum Gasteiger partial charge on any atom is -0.481 e. The number of ether oxygens (including phenoxy) is 1. The maximum Gasteiger partial charge on any atom is 0.307 e. The molecule has 0 aromatic carbocycles. The highest BCUT2D eigenvalue weighted by Crippen LogP contribution is 2.09.